The summed E-state index contributed by atoms with van der Waals surface area (Å²) in [7, 11) is 0. The molecule has 0 nitrogen and oxygen atoms in total. The standard InChI is InChI=1S/C66H108/c1-5-17-53(18-6-1)63(54-19-7-2-8-20-54)45-47-29-33-49(34-30-47)51-37-41-57(42-38-51)65-59-25-13-15-27-61(59)66(62-28-16-14-26-60(62)65)58-43-39-52(40-44-58)50-35-31-48(32-36-50)46-64(55-21-9-3-10-22-55)56-23-11-4-12-24-56/h45-62,65-66H,1-44H2. The highest BCUT2D eigenvalue weighted by molar-refractivity contribution is 5.16. The van der Waals surface area contributed by atoms with Crippen LogP contribution in [0.1, 0.15) is 283 Å². The molecule has 0 aromatic rings. The van der Waals surface area contributed by atoms with Crippen LogP contribution in [0.3, 0.4) is 0 Å². The zero-order chi connectivity index (χ0) is 44.1. The molecule has 0 heterocycles. The minimum Gasteiger partial charge on any atom is -0.0817 e. The monoisotopic (exact) mass is 901 g/mol. The van der Waals surface area contributed by atoms with Gasteiger partial charge >= 0.3 is 0 Å². The highest BCUT2D eigenvalue weighted by Crippen LogP contribution is 2.63. The molecule has 4 atom stereocenters. The maximum Gasteiger partial charge on any atom is -0.0200 e. The van der Waals surface area contributed by atoms with Crippen LogP contribution >= 0.6 is 0 Å². The van der Waals surface area contributed by atoms with E-state index in [-0.39, 0.29) is 0 Å². The Morgan fingerprint density at radius 3 is 0.667 bits per heavy atom. The zero-order valence-corrected chi connectivity index (χ0v) is 43.7. The number of hydrogen-bond donors (Lipinski definition) is 0. The number of rotatable bonds is 10. The van der Waals surface area contributed by atoms with Crippen LogP contribution in [0.2, 0.25) is 0 Å². The molecule has 0 amide bonds. The van der Waals surface area contributed by atoms with Crippen molar-refractivity contribution in [1.29, 1.82) is 0 Å². The van der Waals surface area contributed by atoms with Crippen molar-refractivity contribution >= 4 is 0 Å². The Morgan fingerprint density at radius 2 is 0.409 bits per heavy atom. The minimum absolute atomic E-state index is 0.922. The number of hydrogen-bond acceptors (Lipinski definition) is 0. The smallest absolute Gasteiger partial charge is 0.0200 e. The van der Waals surface area contributed by atoms with Crippen LogP contribution < -0.4 is 0 Å². The third-order valence-corrected chi connectivity index (χ3v) is 24.6. The van der Waals surface area contributed by atoms with Gasteiger partial charge in [0, 0.05) is 0 Å². The quantitative estimate of drug-likeness (QED) is 0.192. The summed E-state index contributed by atoms with van der Waals surface area (Å²) in [5.74, 6) is 18.9. The lowest BCUT2D eigenvalue weighted by molar-refractivity contribution is -0.116. The Balaban J connectivity index is 0.681. The van der Waals surface area contributed by atoms with Gasteiger partial charge in [-0.15, -0.1) is 0 Å². The Labute approximate surface area is 410 Å². The lowest BCUT2D eigenvalue weighted by Gasteiger charge is -2.60. The summed E-state index contributed by atoms with van der Waals surface area (Å²) >= 11 is 0. The molecule has 0 aromatic heterocycles. The summed E-state index contributed by atoms with van der Waals surface area (Å²) in [5, 5.41) is 0. The van der Waals surface area contributed by atoms with Gasteiger partial charge < -0.3 is 0 Å². The second kappa shape index (κ2) is 23.4. The van der Waals surface area contributed by atoms with Crippen LogP contribution in [0.25, 0.3) is 0 Å². The topological polar surface area (TPSA) is 0 Å². The summed E-state index contributed by atoms with van der Waals surface area (Å²) in [6.07, 6.45) is 74.5. The molecular weight excluding hydrogens is 793 g/mol. The van der Waals surface area contributed by atoms with Crippen LogP contribution in [-0.2, 0) is 0 Å². The second-order valence-corrected chi connectivity index (χ2v) is 27.8. The van der Waals surface area contributed by atoms with E-state index in [4.69, 9.17) is 0 Å². The van der Waals surface area contributed by atoms with E-state index in [1.54, 1.807) is 128 Å². The maximum absolute atomic E-state index is 2.98. The molecular formula is C66H108. The molecule has 66 heavy (non-hydrogen) atoms. The zero-order valence-electron chi connectivity index (χ0n) is 43.7. The van der Waals surface area contributed by atoms with Crippen molar-refractivity contribution in [2.75, 3.05) is 0 Å². The van der Waals surface area contributed by atoms with Crippen LogP contribution in [0.4, 0.5) is 0 Å². The lowest BCUT2D eigenvalue weighted by Crippen LogP contribution is -2.53. The van der Waals surface area contributed by atoms with Crippen molar-refractivity contribution in [2.45, 2.75) is 283 Å². The molecule has 0 saturated heterocycles. The van der Waals surface area contributed by atoms with E-state index in [1.165, 1.54) is 154 Å². The van der Waals surface area contributed by atoms with Crippen LogP contribution in [0.5, 0.6) is 0 Å². The summed E-state index contributed by atoms with van der Waals surface area (Å²) in [5.41, 5.74) is 4.02. The Morgan fingerprint density at radius 1 is 0.197 bits per heavy atom. The van der Waals surface area contributed by atoms with Gasteiger partial charge in [-0.2, -0.15) is 0 Å². The fourth-order valence-corrected chi connectivity index (χ4v) is 21.4. The van der Waals surface area contributed by atoms with Crippen LogP contribution in [-0.4, -0.2) is 0 Å². The van der Waals surface area contributed by atoms with E-state index in [0.717, 1.165) is 107 Å². The van der Waals surface area contributed by atoms with Gasteiger partial charge in [-0.25, -0.2) is 0 Å². The average molecular weight is 902 g/mol. The summed E-state index contributed by atoms with van der Waals surface area (Å²) in [6, 6.07) is 0. The SMILES string of the molecule is C(=C(C1CCCCC1)C1CCCCC1)C1CCC(C2CCC(C3C4CCCCC4C(C4CCC(C5CCC(C=C(C6CCCCC6)C6CCCCC6)CC5)CC4)C4CCCCC43)CC2)CC1. The van der Waals surface area contributed by atoms with Crippen molar-refractivity contribution in [3.63, 3.8) is 0 Å². The summed E-state index contributed by atoms with van der Waals surface area (Å²) in [6.45, 7) is 0. The number of allylic oxidation sites excluding steroid dienone is 4. The molecule has 0 bridgehead atoms. The largest absolute Gasteiger partial charge is 0.0817 e. The molecule has 0 N–H and O–H groups in total. The molecule has 4 unspecified atom stereocenters. The van der Waals surface area contributed by atoms with Crippen molar-refractivity contribution in [2.24, 2.45) is 107 Å². The molecule has 0 aliphatic heterocycles. The third-order valence-electron chi connectivity index (χ3n) is 24.6. The highest BCUT2D eigenvalue weighted by Gasteiger charge is 2.55. The molecule has 372 valence electrons. The van der Waals surface area contributed by atoms with Gasteiger partial charge in [0.05, 0.1) is 0 Å². The first-order valence-electron chi connectivity index (χ1n) is 32.2. The molecule has 11 aliphatic carbocycles. The van der Waals surface area contributed by atoms with E-state index in [1.807, 2.05) is 11.1 Å². The van der Waals surface area contributed by atoms with E-state index in [2.05, 4.69) is 12.2 Å². The fraction of sp³-hybridized carbons (Fsp3) is 0.939. The van der Waals surface area contributed by atoms with Gasteiger partial charge in [0.15, 0.2) is 0 Å². The molecule has 0 aromatic carbocycles. The first kappa shape index (κ1) is 47.8. The molecule has 0 heteroatoms. The van der Waals surface area contributed by atoms with Crippen molar-refractivity contribution in [3.8, 4) is 0 Å². The van der Waals surface area contributed by atoms with E-state index in [9.17, 15) is 0 Å². The predicted molar refractivity (Wildman–Crippen MR) is 282 cm³/mol. The predicted octanol–water partition coefficient (Wildman–Crippen LogP) is 20.2. The van der Waals surface area contributed by atoms with Gasteiger partial charge in [-0.3, -0.25) is 0 Å². The molecule has 11 rings (SSSR count). The lowest BCUT2D eigenvalue weighted by atomic mass is 9.45. The molecule has 0 radical (unpaired) electrons. The fourth-order valence-electron chi connectivity index (χ4n) is 21.4. The summed E-state index contributed by atoms with van der Waals surface area (Å²) < 4.78 is 0. The maximum atomic E-state index is 2.98. The van der Waals surface area contributed by atoms with E-state index < -0.39 is 0 Å². The second-order valence-electron chi connectivity index (χ2n) is 27.8. The molecule has 0 spiro atoms. The summed E-state index contributed by atoms with van der Waals surface area (Å²) in [4.78, 5) is 0. The molecule has 11 fully saturated rings. The number of fused-ring (bicyclic) bond motifs is 2. The highest BCUT2D eigenvalue weighted by atomic mass is 14.6. The van der Waals surface area contributed by atoms with Crippen molar-refractivity contribution in [1.82, 2.24) is 0 Å². The van der Waals surface area contributed by atoms with Gasteiger partial charge in [0.25, 0.3) is 0 Å². The third kappa shape index (κ3) is 11.1. The van der Waals surface area contributed by atoms with Gasteiger partial charge in [-0.1, -0.05) is 126 Å². The Kier molecular flexibility index (Phi) is 16.9. The Bertz CT molecular complexity index is 1310. The Hall–Kier alpha value is -0.520. The van der Waals surface area contributed by atoms with Gasteiger partial charge in [0.1, 0.15) is 0 Å². The van der Waals surface area contributed by atoms with Crippen molar-refractivity contribution < 1.29 is 0 Å². The normalized spacial score (nSPS) is 43.0. The molecule has 11 aliphatic rings. The van der Waals surface area contributed by atoms with Crippen LogP contribution in [0, 0.1) is 107 Å². The molecule has 11 saturated carbocycles. The minimum atomic E-state index is 0.922. The van der Waals surface area contributed by atoms with E-state index in [0.29, 0.717) is 0 Å². The first-order chi connectivity index (χ1) is 32.7. The average Bonchev–Trinajstić information content (AvgIpc) is 3.40. The van der Waals surface area contributed by atoms with E-state index >= 15 is 0 Å². The van der Waals surface area contributed by atoms with Gasteiger partial charge in [-0.05, 0) is 286 Å². The first-order valence-corrected chi connectivity index (χ1v) is 32.2. The van der Waals surface area contributed by atoms with Gasteiger partial charge in [0.2, 0.25) is 0 Å². The van der Waals surface area contributed by atoms with Crippen molar-refractivity contribution in [3.05, 3.63) is 23.3 Å². The van der Waals surface area contributed by atoms with Crippen LogP contribution in [0.15, 0.2) is 23.3 Å².